The van der Waals surface area contributed by atoms with Crippen LogP contribution >= 0.6 is 0 Å². The largest absolute Gasteiger partial charge is 0.282 e. The Labute approximate surface area is 193 Å². The van der Waals surface area contributed by atoms with Crippen LogP contribution in [0.5, 0.6) is 0 Å². The Hall–Kier alpha value is -4.41. The maximum absolute atomic E-state index is 13.6. The average Bonchev–Trinajstić information content (AvgIpc) is 3.06. The minimum atomic E-state index is -0.976. The molecule has 4 rings (SSSR count). The highest BCUT2D eigenvalue weighted by molar-refractivity contribution is 6.08. The second-order valence-corrected chi connectivity index (χ2v) is 8.21. The van der Waals surface area contributed by atoms with Gasteiger partial charge in [-0.2, -0.15) is 5.01 Å². The number of hydrogen-bond donors (Lipinski definition) is 0. The summed E-state index contributed by atoms with van der Waals surface area (Å²) >= 11 is 0. The number of amides is 3. The van der Waals surface area contributed by atoms with Crippen LogP contribution in [-0.4, -0.2) is 37.6 Å². The lowest BCUT2D eigenvalue weighted by Gasteiger charge is -2.30. The SMILES string of the molecule is CC1=CC[C@@H]2C(=O)N(N(Cc3ccccc3[N+](=O)[O-])C(=O)c3ccccc3[N+](=O)[O-])C(=O)[C@H]2C1. The minimum Gasteiger partial charge on any atom is -0.272 e. The zero-order valence-corrected chi connectivity index (χ0v) is 18.1. The standard InChI is InChI=1S/C23H20N4O7/c1-14-10-11-16-18(12-14)23(30)25(22(16)29)24(13-15-6-2-4-8-19(15)26(31)32)21(28)17-7-3-5-9-20(17)27(33)34/h2-10,16,18H,11-13H2,1H3/t16-,18-/m0/s1. The van der Waals surface area contributed by atoms with Crippen molar-refractivity contribution >= 4 is 29.1 Å². The number of hydrogen-bond acceptors (Lipinski definition) is 7. The van der Waals surface area contributed by atoms with E-state index in [-0.39, 0.29) is 16.8 Å². The third kappa shape index (κ3) is 3.91. The van der Waals surface area contributed by atoms with Crippen molar-refractivity contribution in [2.24, 2.45) is 11.8 Å². The fraction of sp³-hybridized carbons (Fsp3) is 0.261. The van der Waals surface area contributed by atoms with Gasteiger partial charge in [-0.25, -0.2) is 5.01 Å². The van der Waals surface area contributed by atoms with Gasteiger partial charge in [-0.1, -0.05) is 42.0 Å². The fourth-order valence-corrected chi connectivity index (χ4v) is 4.43. The van der Waals surface area contributed by atoms with E-state index in [0.717, 1.165) is 21.7 Å². The molecule has 1 heterocycles. The molecule has 1 fully saturated rings. The first kappa shape index (κ1) is 22.8. The molecule has 2 aromatic rings. The van der Waals surface area contributed by atoms with E-state index in [1.165, 1.54) is 42.5 Å². The first-order valence-corrected chi connectivity index (χ1v) is 10.5. The Morgan fingerprint density at radius 3 is 2.24 bits per heavy atom. The maximum Gasteiger partial charge on any atom is 0.282 e. The average molecular weight is 464 g/mol. The van der Waals surface area contributed by atoms with Gasteiger partial charge in [0, 0.05) is 12.1 Å². The molecule has 0 radical (unpaired) electrons. The number of carbonyl (C=O) groups is 3. The van der Waals surface area contributed by atoms with Crippen LogP contribution in [0.4, 0.5) is 11.4 Å². The molecule has 174 valence electrons. The molecule has 1 aliphatic carbocycles. The molecule has 3 amide bonds. The highest BCUT2D eigenvalue weighted by atomic mass is 16.6. The maximum atomic E-state index is 13.6. The predicted molar refractivity (Wildman–Crippen MR) is 118 cm³/mol. The van der Waals surface area contributed by atoms with E-state index >= 15 is 0 Å². The summed E-state index contributed by atoms with van der Waals surface area (Å²) in [7, 11) is 0. The summed E-state index contributed by atoms with van der Waals surface area (Å²) in [6, 6.07) is 10.8. The number of fused-ring (bicyclic) bond motifs is 1. The molecule has 0 saturated carbocycles. The number of imide groups is 1. The van der Waals surface area contributed by atoms with Gasteiger partial charge in [0.15, 0.2) is 0 Å². The van der Waals surface area contributed by atoms with Crippen LogP contribution < -0.4 is 0 Å². The van der Waals surface area contributed by atoms with Crippen molar-refractivity contribution in [1.82, 2.24) is 10.0 Å². The number of nitro benzene ring substituents is 2. The molecule has 0 N–H and O–H groups in total. The summed E-state index contributed by atoms with van der Waals surface area (Å²) in [5.41, 5.74) is -0.134. The van der Waals surface area contributed by atoms with Gasteiger partial charge in [0.2, 0.25) is 0 Å². The van der Waals surface area contributed by atoms with E-state index in [2.05, 4.69) is 0 Å². The second-order valence-electron chi connectivity index (χ2n) is 8.21. The molecular weight excluding hydrogens is 444 g/mol. The molecule has 0 aromatic heterocycles. The molecule has 0 spiro atoms. The van der Waals surface area contributed by atoms with Crippen LogP contribution in [0, 0.1) is 32.1 Å². The van der Waals surface area contributed by atoms with Crippen molar-refractivity contribution in [3.05, 3.63) is 91.5 Å². The Balaban J connectivity index is 1.81. The van der Waals surface area contributed by atoms with Gasteiger partial charge in [-0.3, -0.25) is 34.6 Å². The number of benzene rings is 2. The summed E-state index contributed by atoms with van der Waals surface area (Å²) in [5, 5.41) is 24.6. The molecule has 2 atom stereocenters. The van der Waals surface area contributed by atoms with Crippen LogP contribution in [0.25, 0.3) is 0 Å². The molecule has 11 heteroatoms. The van der Waals surface area contributed by atoms with Gasteiger partial charge < -0.3 is 0 Å². The first-order chi connectivity index (χ1) is 16.2. The Kier molecular flexibility index (Phi) is 5.93. The molecule has 1 saturated heterocycles. The van der Waals surface area contributed by atoms with Crippen molar-refractivity contribution in [3.63, 3.8) is 0 Å². The van der Waals surface area contributed by atoms with E-state index in [9.17, 15) is 34.6 Å². The van der Waals surface area contributed by atoms with Crippen LogP contribution in [0.1, 0.15) is 35.7 Å². The van der Waals surface area contributed by atoms with E-state index in [0.29, 0.717) is 12.8 Å². The summed E-state index contributed by atoms with van der Waals surface area (Å²) in [4.78, 5) is 61.9. The Bertz CT molecular complexity index is 1260. The molecule has 11 nitrogen and oxygen atoms in total. The van der Waals surface area contributed by atoms with E-state index in [1.54, 1.807) is 0 Å². The lowest BCUT2D eigenvalue weighted by atomic mass is 9.82. The smallest absolute Gasteiger partial charge is 0.272 e. The highest BCUT2D eigenvalue weighted by Crippen LogP contribution is 2.39. The summed E-state index contributed by atoms with van der Waals surface area (Å²) in [6.07, 6.45) is 2.55. The van der Waals surface area contributed by atoms with Crippen molar-refractivity contribution in [3.8, 4) is 0 Å². The van der Waals surface area contributed by atoms with Gasteiger partial charge in [0.05, 0.1) is 33.8 Å². The van der Waals surface area contributed by atoms with Gasteiger partial charge in [0.1, 0.15) is 5.56 Å². The van der Waals surface area contributed by atoms with Crippen LogP contribution in [0.15, 0.2) is 60.2 Å². The number of para-hydroxylation sites is 2. The van der Waals surface area contributed by atoms with Crippen LogP contribution in [0.3, 0.4) is 0 Å². The van der Waals surface area contributed by atoms with Crippen molar-refractivity contribution in [2.45, 2.75) is 26.3 Å². The number of allylic oxidation sites excluding steroid dienone is 2. The normalized spacial score (nSPS) is 19.4. The quantitative estimate of drug-likeness (QED) is 0.276. The molecule has 0 unspecified atom stereocenters. The van der Waals surface area contributed by atoms with Crippen molar-refractivity contribution in [2.75, 3.05) is 0 Å². The summed E-state index contributed by atoms with van der Waals surface area (Å²) in [5.74, 6) is -3.51. The van der Waals surface area contributed by atoms with E-state index in [1.807, 2.05) is 13.0 Å². The van der Waals surface area contributed by atoms with Crippen molar-refractivity contribution in [1.29, 1.82) is 0 Å². The lowest BCUT2D eigenvalue weighted by Crippen LogP contribution is -2.50. The fourth-order valence-electron chi connectivity index (χ4n) is 4.43. The predicted octanol–water partition coefficient (Wildman–Crippen LogP) is 3.40. The highest BCUT2D eigenvalue weighted by Gasteiger charge is 2.52. The van der Waals surface area contributed by atoms with Crippen LogP contribution in [0.2, 0.25) is 0 Å². The Morgan fingerprint density at radius 1 is 0.971 bits per heavy atom. The first-order valence-electron chi connectivity index (χ1n) is 10.5. The Morgan fingerprint density at radius 2 is 1.56 bits per heavy atom. The summed E-state index contributed by atoms with van der Waals surface area (Å²) in [6.45, 7) is 1.35. The zero-order chi connectivity index (χ0) is 24.6. The van der Waals surface area contributed by atoms with Gasteiger partial charge in [-0.05, 0) is 25.8 Å². The summed E-state index contributed by atoms with van der Waals surface area (Å²) < 4.78 is 0. The minimum absolute atomic E-state index is 0.0733. The number of nitro groups is 2. The van der Waals surface area contributed by atoms with Crippen LogP contribution in [-0.2, 0) is 16.1 Å². The number of rotatable bonds is 6. The molecule has 0 bridgehead atoms. The van der Waals surface area contributed by atoms with Gasteiger partial charge in [0.25, 0.3) is 29.1 Å². The van der Waals surface area contributed by atoms with Crippen molar-refractivity contribution < 1.29 is 24.2 Å². The molecule has 2 aromatic carbocycles. The monoisotopic (exact) mass is 464 g/mol. The molecular formula is C23H20N4O7. The third-order valence-corrected chi connectivity index (χ3v) is 6.12. The van der Waals surface area contributed by atoms with E-state index < -0.39 is 51.6 Å². The topological polar surface area (TPSA) is 144 Å². The second kappa shape index (κ2) is 8.85. The molecule has 34 heavy (non-hydrogen) atoms. The number of carbonyl (C=O) groups excluding carboxylic acids is 3. The van der Waals surface area contributed by atoms with E-state index in [4.69, 9.17) is 0 Å². The zero-order valence-electron chi connectivity index (χ0n) is 18.1. The third-order valence-electron chi connectivity index (χ3n) is 6.12. The number of nitrogens with zero attached hydrogens (tertiary/aromatic N) is 4. The molecule has 1 aliphatic heterocycles. The molecule has 2 aliphatic rings. The van der Waals surface area contributed by atoms with Gasteiger partial charge in [-0.15, -0.1) is 0 Å². The van der Waals surface area contributed by atoms with Gasteiger partial charge >= 0.3 is 0 Å². The number of hydrazine groups is 1. The lowest BCUT2D eigenvalue weighted by molar-refractivity contribution is -0.385.